The van der Waals surface area contributed by atoms with Gasteiger partial charge in [0.15, 0.2) is 0 Å². The third kappa shape index (κ3) is 5.44. The van der Waals surface area contributed by atoms with Gasteiger partial charge in [0, 0.05) is 10.7 Å². The van der Waals surface area contributed by atoms with Gasteiger partial charge in [-0.1, -0.05) is 24.2 Å². The van der Waals surface area contributed by atoms with Gasteiger partial charge in [-0.15, -0.1) is 0 Å². The van der Waals surface area contributed by atoms with E-state index in [9.17, 15) is 8.42 Å². The zero-order chi connectivity index (χ0) is 13.1. The summed E-state index contributed by atoms with van der Waals surface area (Å²) in [5, 5.41) is 0.351. The third-order valence-corrected chi connectivity index (χ3v) is 3.11. The fourth-order valence-electron chi connectivity index (χ4n) is 1.15. The van der Waals surface area contributed by atoms with Gasteiger partial charge in [-0.3, -0.25) is 0 Å². The molecule has 0 saturated heterocycles. The lowest BCUT2D eigenvalue weighted by Crippen LogP contribution is -1.99. The first kappa shape index (κ1) is 14.4. The summed E-state index contributed by atoms with van der Waals surface area (Å²) < 4.78 is 27.2. The van der Waals surface area contributed by atoms with Crippen molar-refractivity contribution in [3.8, 4) is 5.75 Å². The summed E-state index contributed by atoms with van der Waals surface area (Å²) in [6, 6.07) is 4.75. The van der Waals surface area contributed by atoms with E-state index in [2.05, 4.69) is 6.58 Å². The van der Waals surface area contributed by atoms with Gasteiger partial charge in [0.2, 0.25) is 9.05 Å². The first-order chi connectivity index (χ1) is 7.78. The maximum absolute atomic E-state index is 10.9. The fourth-order valence-corrected chi connectivity index (χ4v) is 2.36. The molecule has 0 heterocycles. The van der Waals surface area contributed by atoms with Gasteiger partial charge in [-0.05, 0) is 30.2 Å². The van der Waals surface area contributed by atoms with E-state index >= 15 is 0 Å². The minimum atomic E-state index is -3.57. The van der Waals surface area contributed by atoms with Crippen LogP contribution >= 0.6 is 22.3 Å². The van der Waals surface area contributed by atoms with E-state index in [1.807, 2.05) is 6.92 Å². The zero-order valence-corrected chi connectivity index (χ0v) is 11.6. The van der Waals surface area contributed by atoms with Crippen molar-refractivity contribution in [2.75, 3.05) is 6.61 Å². The van der Waals surface area contributed by atoms with Crippen LogP contribution in [-0.4, -0.2) is 15.0 Å². The summed E-state index contributed by atoms with van der Waals surface area (Å²) >= 11 is 5.95. The van der Waals surface area contributed by atoms with Crippen molar-refractivity contribution >= 4 is 31.3 Å². The Labute approximate surface area is 110 Å². The van der Waals surface area contributed by atoms with Crippen molar-refractivity contribution in [1.82, 2.24) is 0 Å². The average Bonchev–Trinajstić information content (AvgIpc) is 2.13. The molecule has 0 aromatic heterocycles. The molecule has 1 aromatic carbocycles. The number of ether oxygens (including phenoxy) is 1. The molecule has 94 valence electrons. The van der Waals surface area contributed by atoms with Crippen molar-refractivity contribution in [1.29, 1.82) is 0 Å². The highest BCUT2D eigenvalue weighted by Gasteiger charge is 2.09. The molecule has 0 bridgehead atoms. The molecule has 0 aliphatic rings. The Morgan fingerprint density at radius 1 is 1.47 bits per heavy atom. The molecule has 1 rings (SSSR count). The Bertz CT molecular complexity index is 524. The van der Waals surface area contributed by atoms with Gasteiger partial charge in [-0.2, -0.15) is 0 Å². The summed E-state index contributed by atoms with van der Waals surface area (Å²) in [7, 11) is 1.57. The molecular formula is C11H12Cl2O3S. The molecule has 3 nitrogen and oxygen atoms in total. The predicted molar refractivity (Wildman–Crippen MR) is 70.2 cm³/mol. The highest BCUT2D eigenvalue weighted by molar-refractivity contribution is 8.13. The number of halogens is 2. The number of benzene rings is 1. The van der Waals surface area contributed by atoms with Crippen LogP contribution in [0.15, 0.2) is 30.4 Å². The molecule has 0 fully saturated rings. The fraction of sp³-hybridized carbons (Fsp3) is 0.273. The van der Waals surface area contributed by atoms with Gasteiger partial charge < -0.3 is 4.74 Å². The molecule has 0 unspecified atom stereocenters. The molecule has 0 aliphatic heterocycles. The summed E-state index contributed by atoms with van der Waals surface area (Å²) in [4.78, 5) is 0. The second-order valence-corrected chi connectivity index (χ2v) is 6.88. The monoisotopic (exact) mass is 294 g/mol. The lowest BCUT2D eigenvalue weighted by molar-refractivity contribution is 0.353. The van der Waals surface area contributed by atoms with Crippen LogP contribution in [-0.2, 0) is 14.8 Å². The van der Waals surface area contributed by atoms with Crippen LogP contribution in [0.2, 0.25) is 5.02 Å². The van der Waals surface area contributed by atoms with Crippen LogP contribution in [0.5, 0.6) is 5.75 Å². The van der Waals surface area contributed by atoms with E-state index in [-0.39, 0.29) is 5.75 Å². The van der Waals surface area contributed by atoms with E-state index in [4.69, 9.17) is 27.0 Å². The lowest BCUT2D eigenvalue weighted by atomic mass is 10.2. The SMILES string of the molecule is C=C(C)COc1ccc(CS(=O)(=O)Cl)cc1Cl. The minimum absolute atomic E-state index is 0.255. The average molecular weight is 295 g/mol. The molecule has 1 aromatic rings. The molecule has 0 saturated carbocycles. The van der Waals surface area contributed by atoms with Gasteiger partial charge in [-0.25, -0.2) is 8.42 Å². The van der Waals surface area contributed by atoms with Crippen LogP contribution in [0.3, 0.4) is 0 Å². The van der Waals surface area contributed by atoms with Gasteiger partial charge in [0.05, 0.1) is 10.8 Å². The zero-order valence-electron chi connectivity index (χ0n) is 9.24. The minimum Gasteiger partial charge on any atom is -0.488 e. The number of hydrogen-bond acceptors (Lipinski definition) is 3. The smallest absolute Gasteiger partial charge is 0.236 e. The topological polar surface area (TPSA) is 43.4 Å². The van der Waals surface area contributed by atoms with Crippen molar-refractivity contribution < 1.29 is 13.2 Å². The van der Waals surface area contributed by atoms with Gasteiger partial charge in [0.1, 0.15) is 12.4 Å². The standard InChI is InChI=1S/C11H12Cl2O3S/c1-8(2)6-16-11-4-3-9(5-10(11)12)7-17(13,14)15/h3-5H,1,6-7H2,2H3. The first-order valence-corrected chi connectivity index (χ1v) is 7.61. The van der Waals surface area contributed by atoms with E-state index < -0.39 is 9.05 Å². The summed E-state index contributed by atoms with van der Waals surface area (Å²) in [6.07, 6.45) is 0. The van der Waals surface area contributed by atoms with Crippen LogP contribution in [0.4, 0.5) is 0 Å². The maximum atomic E-state index is 10.9. The predicted octanol–water partition coefficient (Wildman–Crippen LogP) is 3.36. The van der Waals surface area contributed by atoms with Gasteiger partial charge >= 0.3 is 0 Å². The molecule has 17 heavy (non-hydrogen) atoms. The Hall–Kier alpha value is -0.710. The molecule has 0 radical (unpaired) electrons. The molecule has 0 amide bonds. The highest BCUT2D eigenvalue weighted by atomic mass is 35.7. The van der Waals surface area contributed by atoms with Crippen LogP contribution in [0.25, 0.3) is 0 Å². The third-order valence-electron chi connectivity index (χ3n) is 1.81. The molecular weight excluding hydrogens is 283 g/mol. The second kappa shape index (κ2) is 5.76. The molecule has 0 N–H and O–H groups in total. The molecule has 0 aliphatic carbocycles. The highest BCUT2D eigenvalue weighted by Crippen LogP contribution is 2.26. The quantitative estimate of drug-likeness (QED) is 0.618. The Morgan fingerprint density at radius 2 is 2.12 bits per heavy atom. The number of rotatable bonds is 5. The summed E-state index contributed by atoms with van der Waals surface area (Å²) in [5.41, 5.74) is 1.39. The van der Waals surface area contributed by atoms with Crippen molar-refractivity contribution in [2.24, 2.45) is 0 Å². The number of hydrogen-bond donors (Lipinski definition) is 0. The Balaban J connectivity index is 2.83. The Morgan fingerprint density at radius 3 is 2.59 bits per heavy atom. The summed E-state index contributed by atoms with van der Waals surface area (Å²) in [5.74, 6) is 0.236. The molecule has 0 spiro atoms. The van der Waals surface area contributed by atoms with E-state index in [0.29, 0.717) is 22.9 Å². The van der Waals surface area contributed by atoms with Crippen LogP contribution < -0.4 is 4.74 Å². The van der Waals surface area contributed by atoms with E-state index in [0.717, 1.165) is 5.57 Å². The molecule has 6 heteroatoms. The van der Waals surface area contributed by atoms with Gasteiger partial charge in [0.25, 0.3) is 0 Å². The largest absolute Gasteiger partial charge is 0.488 e. The van der Waals surface area contributed by atoms with Crippen molar-refractivity contribution in [3.05, 3.63) is 40.9 Å². The summed E-state index contributed by atoms with van der Waals surface area (Å²) in [6.45, 7) is 5.90. The van der Waals surface area contributed by atoms with E-state index in [1.165, 1.54) is 6.07 Å². The van der Waals surface area contributed by atoms with Crippen molar-refractivity contribution in [2.45, 2.75) is 12.7 Å². The second-order valence-electron chi connectivity index (χ2n) is 3.69. The molecule has 0 atom stereocenters. The normalized spacial score (nSPS) is 11.2. The Kier molecular flexibility index (Phi) is 4.86. The maximum Gasteiger partial charge on any atom is 0.236 e. The van der Waals surface area contributed by atoms with Crippen molar-refractivity contribution in [3.63, 3.8) is 0 Å². The first-order valence-electron chi connectivity index (χ1n) is 4.76. The van der Waals surface area contributed by atoms with Crippen LogP contribution in [0.1, 0.15) is 12.5 Å². The van der Waals surface area contributed by atoms with Crippen LogP contribution in [0, 0.1) is 0 Å². The van der Waals surface area contributed by atoms with E-state index in [1.54, 1.807) is 12.1 Å². The lowest BCUT2D eigenvalue weighted by Gasteiger charge is -2.08.